The highest BCUT2D eigenvalue weighted by Crippen LogP contribution is 2.44. The summed E-state index contributed by atoms with van der Waals surface area (Å²) in [7, 11) is 0. The van der Waals surface area contributed by atoms with Crippen molar-refractivity contribution in [2.45, 2.75) is 0 Å². The van der Waals surface area contributed by atoms with Gasteiger partial charge in [0.1, 0.15) is 0 Å². The highest BCUT2D eigenvalue weighted by molar-refractivity contribution is 7.01. The zero-order chi connectivity index (χ0) is 25.5. The molecule has 0 bridgehead atoms. The number of fused-ring (bicyclic) bond motifs is 8. The summed E-state index contributed by atoms with van der Waals surface area (Å²) in [5.74, 6) is 0. The van der Waals surface area contributed by atoms with Crippen LogP contribution in [0, 0.1) is 0 Å². The van der Waals surface area contributed by atoms with E-state index in [0.29, 0.717) is 0 Å². The Morgan fingerprint density at radius 2 is 1.15 bits per heavy atom. The van der Waals surface area contributed by atoms with Crippen LogP contribution in [0.3, 0.4) is 0 Å². The molecule has 180 valence electrons. The van der Waals surface area contributed by atoms with Gasteiger partial charge >= 0.3 is 0 Å². The number of para-hydroxylation sites is 3. The molecule has 0 saturated heterocycles. The van der Waals surface area contributed by atoms with E-state index in [1.807, 2.05) is 0 Å². The Balaban J connectivity index is 1.42. The van der Waals surface area contributed by atoms with Gasteiger partial charge in [-0.25, -0.2) is 0 Å². The summed E-state index contributed by atoms with van der Waals surface area (Å²) < 4.78 is 2.53. The number of anilines is 3. The van der Waals surface area contributed by atoms with E-state index in [-0.39, 0.29) is 6.71 Å². The van der Waals surface area contributed by atoms with Crippen molar-refractivity contribution in [2.75, 3.05) is 4.90 Å². The van der Waals surface area contributed by atoms with Gasteiger partial charge in [-0.15, -0.1) is 0 Å². The summed E-state index contributed by atoms with van der Waals surface area (Å²) in [4.78, 5) is 2.40. The third kappa shape index (κ3) is 2.72. The van der Waals surface area contributed by atoms with Crippen LogP contribution in [0.2, 0.25) is 0 Å². The maximum absolute atomic E-state index is 2.53. The van der Waals surface area contributed by atoms with Crippen molar-refractivity contribution in [1.82, 2.24) is 4.57 Å². The molecule has 0 fully saturated rings. The minimum Gasteiger partial charge on any atom is -0.310 e. The summed E-state index contributed by atoms with van der Waals surface area (Å²) in [5.41, 5.74) is 14.3. The third-order valence-electron chi connectivity index (χ3n) is 8.58. The fourth-order valence-corrected chi connectivity index (χ4v) is 7.13. The fourth-order valence-electron chi connectivity index (χ4n) is 7.13. The van der Waals surface area contributed by atoms with Gasteiger partial charge in [0.2, 0.25) is 6.71 Å². The molecule has 0 aliphatic carbocycles. The molecule has 0 spiro atoms. The lowest BCUT2D eigenvalue weighted by Crippen LogP contribution is -2.53. The molecule has 6 aromatic carbocycles. The Morgan fingerprint density at radius 1 is 0.513 bits per heavy atom. The number of hydrogen-bond donors (Lipinski definition) is 0. The molecular formula is C36H23BN2. The number of rotatable bonds is 3. The van der Waals surface area contributed by atoms with Crippen LogP contribution in [-0.4, -0.2) is 11.3 Å². The van der Waals surface area contributed by atoms with Crippen LogP contribution >= 0.6 is 0 Å². The predicted octanol–water partition coefficient (Wildman–Crippen LogP) is 7.06. The van der Waals surface area contributed by atoms with Crippen LogP contribution in [0.1, 0.15) is 0 Å². The van der Waals surface area contributed by atoms with Crippen molar-refractivity contribution in [3.8, 4) is 16.8 Å². The largest absolute Gasteiger partial charge is 0.310 e. The quantitative estimate of drug-likeness (QED) is 0.239. The summed E-state index contributed by atoms with van der Waals surface area (Å²) in [6.07, 6.45) is 0. The Kier molecular flexibility index (Phi) is 4.17. The fraction of sp³-hybridized carbons (Fsp3) is 0. The first kappa shape index (κ1) is 21.0. The number of hydrogen-bond acceptors (Lipinski definition) is 1. The van der Waals surface area contributed by atoms with Gasteiger partial charge in [-0.3, -0.25) is 0 Å². The molecule has 2 aliphatic rings. The van der Waals surface area contributed by atoms with E-state index in [1.54, 1.807) is 0 Å². The maximum Gasteiger partial charge on any atom is 0.248 e. The number of nitrogens with zero attached hydrogens (tertiary/aromatic N) is 2. The van der Waals surface area contributed by atoms with Gasteiger partial charge in [0, 0.05) is 33.4 Å². The summed E-state index contributed by atoms with van der Waals surface area (Å²) in [6.45, 7) is 0.260. The van der Waals surface area contributed by atoms with Crippen molar-refractivity contribution < 1.29 is 0 Å². The second kappa shape index (κ2) is 7.75. The van der Waals surface area contributed by atoms with Crippen molar-refractivity contribution in [1.29, 1.82) is 0 Å². The van der Waals surface area contributed by atoms with E-state index in [0.717, 1.165) is 11.4 Å². The summed E-state index contributed by atoms with van der Waals surface area (Å²) in [5, 5.41) is 2.59. The zero-order valence-electron chi connectivity index (χ0n) is 21.3. The Bertz CT molecular complexity index is 2040. The average molecular weight is 494 g/mol. The molecule has 2 aliphatic heterocycles. The second-order valence-electron chi connectivity index (χ2n) is 10.5. The molecule has 9 rings (SSSR count). The Hall–Kier alpha value is -5.02. The molecule has 39 heavy (non-hydrogen) atoms. The minimum absolute atomic E-state index is 0.260. The van der Waals surface area contributed by atoms with Gasteiger partial charge in [-0.1, -0.05) is 103 Å². The molecule has 3 heteroatoms. The average Bonchev–Trinajstić information content (AvgIpc) is 3.53. The molecule has 2 nitrogen and oxygen atoms in total. The molecule has 0 saturated carbocycles. The van der Waals surface area contributed by atoms with Crippen LogP contribution in [0.25, 0.3) is 38.6 Å². The van der Waals surface area contributed by atoms with Crippen LogP contribution in [0.4, 0.5) is 17.1 Å². The first-order valence-corrected chi connectivity index (χ1v) is 13.6. The van der Waals surface area contributed by atoms with Crippen LogP contribution in [0.15, 0.2) is 140 Å². The molecular weight excluding hydrogens is 471 g/mol. The van der Waals surface area contributed by atoms with E-state index < -0.39 is 0 Å². The van der Waals surface area contributed by atoms with Crippen molar-refractivity contribution in [2.24, 2.45) is 0 Å². The van der Waals surface area contributed by atoms with E-state index in [2.05, 4.69) is 149 Å². The van der Waals surface area contributed by atoms with E-state index in [4.69, 9.17) is 0 Å². The molecule has 0 amide bonds. The molecule has 0 atom stereocenters. The van der Waals surface area contributed by atoms with Gasteiger partial charge in [-0.2, -0.15) is 0 Å². The highest BCUT2D eigenvalue weighted by Gasteiger charge is 2.40. The van der Waals surface area contributed by atoms with Crippen LogP contribution < -0.4 is 21.3 Å². The molecule has 0 radical (unpaired) electrons. The first-order valence-electron chi connectivity index (χ1n) is 13.6. The van der Waals surface area contributed by atoms with Gasteiger partial charge in [0.05, 0.1) is 11.2 Å². The molecule has 0 N–H and O–H groups in total. The van der Waals surface area contributed by atoms with Crippen molar-refractivity contribution in [3.63, 3.8) is 0 Å². The lowest BCUT2D eigenvalue weighted by molar-refractivity contribution is 1.19. The molecule has 0 unspecified atom stereocenters. The molecule has 3 heterocycles. The lowest BCUT2D eigenvalue weighted by atomic mass is 9.37. The van der Waals surface area contributed by atoms with E-state index >= 15 is 0 Å². The van der Waals surface area contributed by atoms with Crippen molar-refractivity contribution in [3.05, 3.63) is 140 Å². The maximum atomic E-state index is 2.53. The van der Waals surface area contributed by atoms with Crippen LogP contribution in [-0.2, 0) is 0 Å². The Labute approximate surface area is 227 Å². The van der Waals surface area contributed by atoms with E-state index in [9.17, 15) is 0 Å². The van der Waals surface area contributed by atoms with Crippen LogP contribution in [0.5, 0.6) is 0 Å². The predicted molar refractivity (Wildman–Crippen MR) is 166 cm³/mol. The second-order valence-corrected chi connectivity index (χ2v) is 10.5. The van der Waals surface area contributed by atoms with E-state index in [1.165, 1.54) is 60.7 Å². The first-order chi connectivity index (χ1) is 19.4. The Morgan fingerprint density at radius 3 is 1.95 bits per heavy atom. The number of benzene rings is 6. The topological polar surface area (TPSA) is 8.17 Å². The standard InChI is InChI=1S/C36H23BN2/c1-3-12-24(13-4-1)38(25-14-5-2-6-15-25)31-21-11-22-32-34(31)28-18-9-20-30-36(28)39(32)33-23-10-17-27-26-16-7-8-19-29(26)37(30)35(27)33/h1-23H. The van der Waals surface area contributed by atoms with Gasteiger partial charge in [0.25, 0.3) is 0 Å². The van der Waals surface area contributed by atoms with Crippen molar-refractivity contribution >= 4 is 62.0 Å². The lowest BCUT2D eigenvalue weighted by Gasteiger charge is -2.26. The highest BCUT2D eigenvalue weighted by atomic mass is 15.1. The van der Waals surface area contributed by atoms with Gasteiger partial charge in [-0.05, 0) is 64.5 Å². The summed E-state index contributed by atoms with van der Waals surface area (Å²) >= 11 is 0. The van der Waals surface area contributed by atoms with Gasteiger partial charge in [0.15, 0.2) is 0 Å². The minimum atomic E-state index is 0.260. The smallest absolute Gasteiger partial charge is 0.248 e. The molecule has 7 aromatic rings. The van der Waals surface area contributed by atoms with Gasteiger partial charge < -0.3 is 9.47 Å². The monoisotopic (exact) mass is 494 g/mol. The third-order valence-corrected chi connectivity index (χ3v) is 8.58. The normalized spacial score (nSPS) is 12.6. The number of aromatic nitrogens is 1. The SMILES string of the molecule is c1ccc(N(c2ccccc2)c2cccc3c2c2cccc4c2n3-c2cccc3c2B4c2ccccc2-3)cc1. The summed E-state index contributed by atoms with van der Waals surface area (Å²) in [6, 6.07) is 50.9. The zero-order valence-corrected chi connectivity index (χ0v) is 21.3. The molecule has 1 aromatic heterocycles.